The second-order valence-corrected chi connectivity index (χ2v) is 28.6. The summed E-state index contributed by atoms with van der Waals surface area (Å²) < 4.78 is 46.3. The van der Waals surface area contributed by atoms with Crippen LogP contribution < -0.4 is 49.1 Å². The van der Waals surface area contributed by atoms with E-state index in [1.807, 2.05) is 72.8 Å². The number of aldehydes is 1. The number of halogens is 1. The fourth-order valence-electron chi connectivity index (χ4n) is 10.9. The first-order valence-electron chi connectivity index (χ1n) is 31.0. The van der Waals surface area contributed by atoms with E-state index in [2.05, 4.69) is 159 Å². The molecule has 0 unspecified atom stereocenters. The quantitative estimate of drug-likeness (QED) is 0.0173. The second kappa shape index (κ2) is 35.0. The molecule has 11 heteroatoms. The fourth-order valence-corrected chi connectivity index (χ4v) is 17.0. The van der Waals surface area contributed by atoms with E-state index < -0.39 is 5.96 Å². The molecule has 9 nitrogen and oxygen atoms in total. The molecule has 0 heterocycles. The summed E-state index contributed by atoms with van der Waals surface area (Å²) >= 11 is 8.43. The van der Waals surface area contributed by atoms with Gasteiger partial charge in [0.2, 0.25) is 0 Å². The van der Waals surface area contributed by atoms with Gasteiger partial charge in [-0.15, -0.1) is 0 Å². The number of benzene rings is 9. The van der Waals surface area contributed by atoms with Gasteiger partial charge in [0.15, 0.2) is 0 Å². The van der Waals surface area contributed by atoms with Gasteiger partial charge in [0.1, 0.15) is 29.3 Å². The third kappa shape index (κ3) is 18.7. The van der Waals surface area contributed by atoms with Gasteiger partial charge < -0.3 is 23.7 Å². The SMILES string of the molecule is COCCCCCCOc1ccc(/C=C/c2cc(OC)c(/C=C/c3ccc(C)cc3)cc2OC)cc1.COc1cc(CP(Cl)(c2ccccc2)(c2ccccc2)c2ccccc2)c(OC)cc1Cc1ccc(OCCCCCCOc2ccc(C=O)cc2)cc1. The molecule has 9 aromatic rings. The molecule has 90 heavy (non-hydrogen) atoms. The summed E-state index contributed by atoms with van der Waals surface area (Å²) in [5.74, 6) is 2.11. The Labute approximate surface area is 538 Å². The van der Waals surface area contributed by atoms with E-state index in [4.69, 9.17) is 49.1 Å². The molecule has 0 amide bonds. The van der Waals surface area contributed by atoms with E-state index in [9.17, 15) is 4.79 Å². The topological polar surface area (TPSA) is 90.9 Å². The van der Waals surface area contributed by atoms with E-state index in [-0.39, 0.29) is 0 Å². The van der Waals surface area contributed by atoms with Crippen LogP contribution in [0.3, 0.4) is 0 Å². The molecule has 0 spiro atoms. The Morgan fingerprint density at radius 2 is 0.744 bits per heavy atom. The van der Waals surface area contributed by atoms with Crippen molar-refractivity contribution in [1.29, 1.82) is 0 Å². The zero-order valence-corrected chi connectivity index (χ0v) is 54.6. The molecule has 0 atom stereocenters. The summed E-state index contributed by atoms with van der Waals surface area (Å²) in [7, 11) is 8.58. The number of carbonyl (C=O) groups is 1. The predicted molar refractivity (Wildman–Crippen MR) is 376 cm³/mol. The van der Waals surface area contributed by atoms with Gasteiger partial charge in [0, 0.05) is 30.4 Å². The van der Waals surface area contributed by atoms with Crippen molar-refractivity contribution in [3.8, 4) is 40.2 Å². The Kier molecular flexibility index (Phi) is 26.2. The molecule has 9 rings (SSSR count). The van der Waals surface area contributed by atoms with Crippen molar-refractivity contribution in [3.05, 3.63) is 262 Å². The Balaban J connectivity index is 0.000000252. The number of hydrogen-bond acceptors (Lipinski definition) is 9. The molecule has 0 aromatic heterocycles. The fraction of sp³-hybridized carbons (Fsp3) is 0.253. The maximum absolute atomic E-state index is 10.8. The van der Waals surface area contributed by atoms with Crippen molar-refractivity contribution < 1.29 is 42.7 Å². The summed E-state index contributed by atoms with van der Waals surface area (Å²) in [5, 5.41) is 3.29. The number of ether oxygens (including phenoxy) is 8. The van der Waals surface area contributed by atoms with E-state index in [0.717, 1.165) is 160 Å². The molecular weight excluding hydrogens is 1160 g/mol. The molecule has 468 valence electrons. The first kappa shape index (κ1) is 67.3. The van der Waals surface area contributed by atoms with Crippen LogP contribution in [0.4, 0.5) is 0 Å². The van der Waals surface area contributed by atoms with Crippen LogP contribution in [-0.2, 0) is 17.3 Å². The van der Waals surface area contributed by atoms with Crippen LogP contribution >= 0.6 is 17.2 Å². The number of rotatable bonds is 33. The van der Waals surface area contributed by atoms with Crippen molar-refractivity contribution in [2.45, 2.75) is 70.9 Å². The molecule has 0 N–H and O–H groups in total. The van der Waals surface area contributed by atoms with E-state index in [0.29, 0.717) is 31.4 Å². The van der Waals surface area contributed by atoms with Crippen LogP contribution in [0.1, 0.15) is 106 Å². The van der Waals surface area contributed by atoms with Gasteiger partial charge in [0.05, 0.1) is 27.4 Å². The summed E-state index contributed by atoms with van der Waals surface area (Å²) in [5.41, 5.74) is 9.21. The molecule has 0 aliphatic heterocycles. The average molecular weight is 1250 g/mol. The number of unbranched alkanes of at least 4 members (excludes halogenated alkanes) is 6. The van der Waals surface area contributed by atoms with Gasteiger partial charge in [-0.1, -0.05) is 72.7 Å². The van der Waals surface area contributed by atoms with E-state index in [1.54, 1.807) is 47.7 Å². The molecule has 0 saturated carbocycles. The average Bonchev–Trinajstić information content (AvgIpc) is 0.705. The van der Waals surface area contributed by atoms with Crippen LogP contribution in [-0.4, -0.2) is 68.3 Å². The van der Waals surface area contributed by atoms with E-state index >= 15 is 0 Å². The third-order valence-electron chi connectivity index (χ3n) is 15.9. The summed E-state index contributed by atoms with van der Waals surface area (Å²) in [6.07, 6.45) is 18.9. The van der Waals surface area contributed by atoms with Gasteiger partial charge in [-0.2, -0.15) is 0 Å². The van der Waals surface area contributed by atoms with E-state index in [1.165, 1.54) is 12.0 Å². The maximum atomic E-state index is 10.8. The zero-order valence-electron chi connectivity index (χ0n) is 53.0. The number of carbonyl (C=O) groups excluding carboxylic acids is 1. The van der Waals surface area contributed by atoms with Crippen molar-refractivity contribution in [3.63, 3.8) is 0 Å². The monoisotopic (exact) mass is 1240 g/mol. The first-order chi connectivity index (χ1) is 44.1. The van der Waals surface area contributed by atoms with Crippen LogP contribution in [0, 0.1) is 6.92 Å². The van der Waals surface area contributed by atoms with Crippen molar-refractivity contribution in [2.75, 3.05) is 62.0 Å². The Morgan fingerprint density at radius 1 is 0.378 bits per heavy atom. The molecule has 9 aromatic carbocycles. The normalized spacial score (nSPS) is 11.7. The summed E-state index contributed by atoms with van der Waals surface area (Å²) in [4.78, 5) is 10.8. The van der Waals surface area contributed by atoms with Crippen molar-refractivity contribution >= 4 is 63.7 Å². The second-order valence-electron chi connectivity index (χ2n) is 22.2. The Hall–Kier alpha value is -8.59. The number of aryl methyl sites for hydroxylation is 1. The molecule has 0 saturated heterocycles. The van der Waals surface area contributed by atoms with Gasteiger partial charge >= 0.3 is 242 Å². The molecular formula is C79H86ClO9P. The van der Waals surface area contributed by atoms with Crippen LogP contribution in [0.15, 0.2) is 212 Å². The summed E-state index contributed by atoms with van der Waals surface area (Å²) in [6.45, 7) is 4.99. The van der Waals surface area contributed by atoms with Crippen molar-refractivity contribution in [2.24, 2.45) is 0 Å². The Morgan fingerprint density at radius 3 is 1.14 bits per heavy atom. The predicted octanol–water partition coefficient (Wildman–Crippen LogP) is 18.2. The molecule has 0 radical (unpaired) electrons. The minimum atomic E-state index is -3.60. The van der Waals surface area contributed by atoms with Gasteiger partial charge in [0.25, 0.3) is 0 Å². The van der Waals surface area contributed by atoms with Crippen LogP contribution in [0.2, 0.25) is 0 Å². The number of hydrogen-bond donors (Lipinski definition) is 0. The van der Waals surface area contributed by atoms with Crippen LogP contribution in [0.25, 0.3) is 24.3 Å². The minimum absolute atomic E-state index is 0.544. The zero-order chi connectivity index (χ0) is 63.3. The van der Waals surface area contributed by atoms with Crippen molar-refractivity contribution in [1.82, 2.24) is 0 Å². The molecule has 0 aliphatic rings. The van der Waals surface area contributed by atoms with Gasteiger partial charge in [-0.05, 0) is 112 Å². The van der Waals surface area contributed by atoms with Crippen LogP contribution in [0.5, 0.6) is 40.2 Å². The first-order valence-corrected chi connectivity index (χ1v) is 34.3. The molecule has 0 bridgehead atoms. The van der Waals surface area contributed by atoms with Gasteiger partial charge in [-0.25, -0.2) is 0 Å². The van der Waals surface area contributed by atoms with Gasteiger partial charge in [-0.3, -0.25) is 4.79 Å². The molecule has 0 fully saturated rings. The Bertz CT molecular complexity index is 3550. The standard InChI is InChI=1S/C47H48ClO5P.C32H38O4/c1-50-46-34-40(36-54(48,43-16-8-5-9-17-43,44-18-10-6-11-19-44)45-20-12-7-13-21-45)47(51-2)33-39(46)32-37-22-26-41(27-23-37)52-30-14-3-4-15-31-53-42-28-24-38(35-49)25-29-42;1-25-9-11-26(12-10-25)13-17-28-23-32(35-4)29(24-31(28)34-3)18-14-27-15-19-30(20-16-27)36-22-8-6-5-7-21-33-2/h5-13,16-29,33-35H,3-4,14-15,30-32,36H2,1-2H3;9-20,23-24H,5-8,21-22H2,1-4H3/b;17-13+,18-14+. The number of methoxy groups -OCH3 is 5. The molecule has 0 aliphatic carbocycles. The summed E-state index contributed by atoms with van der Waals surface area (Å²) in [6, 6.07) is 71.8. The third-order valence-corrected chi connectivity index (χ3v) is 23.1.